The van der Waals surface area contributed by atoms with E-state index in [1.807, 2.05) is 50.8 Å². The molecule has 2 fully saturated rings. The summed E-state index contributed by atoms with van der Waals surface area (Å²) in [4.78, 5) is 14.5. The monoisotopic (exact) mass is 359 g/mol. The number of piperidine rings is 1. The molecule has 142 valence electrons. The summed E-state index contributed by atoms with van der Waals surface area (Å²) in [6.07, 6.45) is 3.79. The summed E-state index contributed by atoms with van der Waals surface area (Å²) >= 11 is 0. The molecule has 1 aromatic rings. The van der Waals surface area contributed by atoms with Crippen molar-refractivity contribution in [3.05, 3.63) is 23.8 Å². The highest BCUT2D eigenvalue weighted by Gasteiger charge is 2.51. The van der Waals surface area contributed by atoms with E-state index in [0.717, 1.165) is 37.0 Å². The van der Waals surface area contributed by atoms with Gasteiger partial charge in [0.05, 0.1) is 24.7 Å². The van der Waals surface area contributed by atoms with E-state index in [9.17, 15) is 4.79 Å². The van der Waals surface area contributed by atoms with Crippen molar-refractivity contribution in [2.45, 2.75) is 64.6 Å². The van der Waals surface area contributed by atoms with Crippen molar-refractivity contribution in [1.29, 1.82) is 0 Å². The highest BCUT2D eigenvalue weighted by Crippen LogP contribution is 2.36. The van der Waals surface area contributed by atoms with Crippen LogP contribution in [0.1, 0.15) is 52.5 Å². The van der Waals surface area contributed by atoms with E-state index in [2.05, 4.69) is 0 Å². The van der Waals surface area contributed by atoms with Crippen LogP contribution in [0.3, 0.4) is 0 Å². The first-order chi connectivity index (χ1) is 12.2. The number of nitrogens with zero attached hydrogens (tertiary/aromatic N) is 1. The number of carbonyl (C=O) groups excluding carboxylic acids is 1. The van der Waals surface area contributed by atoms with Gasteiger partial charge in [0.2, 0.25) is 5.91 Å². The van der Waals surface area contributed by atoms with Crippen molar-refractivity contribution in [3.63, 3.8) is 0 Å². The molecule has 1 aromatic carbocycles. The smallest absolute Gasteiger partial charge is 0.494 e. The summed E-state index contributed by atoms with van der Waals surface area (Å²) in [5.41, 5.74) is 1.06. The molecular formula is C20H30BNO4. The van der Waals surface area contributed by atoms with Gasteiger partial charge in [-0.05, 0) is 58.5 Å². The van der Waals surface area contributed by atoms with E-state index in [1.54, 1.807) is 7.11 Å². The summed E-state index contributed by atoms with van der Waals surface area (Å²) < 4.78 is 17.8. The van der Waals surface area contributed by atoms with E-state index in [1.165, 1.54) is 6.42 Å². The fourth-order valence-corrected chi connectivity index (χ4v) is 3.45. The quantitative estimate of drug-likeness (QED) is 0.776. The molecule has 2 saturated heterocycles. The Morgan fingerprint density at radius 2 is 1.73 bits per heavy atom. The van der Waals surface area contributed by atoms with Crippen LogP contribution in [0.15, 0.2) is 18.2 Å². The van der Waals surface area contributed by atoms with Gasteiger partial charge in [-0.25, -0.2) is 0 Å². The summed E-state index contributed by atoms with van der Waals surface area (Å²) in [6, 6.07) is 5.87. The van der Waals surface area contributed by atoms with E-state index in [-0.39, 0.29) is 17.1 Å². The van der Waals surface area contributed by atoms with Crippen LogP contribution in [-0.4, -0.2) is 49.3 Å². The predicted molar refractivity (Wildman–Crippen MR) is 103 cm³/mol. The molecule has 0 saturated carbocycles. The number of amides is 1. The molecular weight excluding hydrogens is 329 g/mol. The Hall–Kier alpha value is -1.53. The maximum atomic E-state index is 12.6. The third-order valence-electron chi connectivity index (χ3n) is 5.89. The maximum absolute atomic E-state index is 12.6. The van der Waals surface area contributed by atoms with Crippen LogP contribution in [0.2, 0.25) is 0 Å². The molecule has 2 heterocycles. The number of ether oxygens (including phenoxy) is 1. The molecule has 0 bridgehead atoms. The van der Waals surface area contributed by atoms with Gasteiger partial charge in [-0.3, -0.25) is 4.79 Å². The van der Waals surface area contributed by atoms with Gasteiger partial charge >= 0.3 is 7.12 Å². The van der Waals surface area contributed by atoms with Crippen molar-refractivity contribution < 1.29 is 18.8 Å². The van der Waals surface area contributed by atoms with Crippen LogP contribution in [-0.2, 0) is 20.5 Å². The van der Waals surface area contributed by atoms with Gasteiger partial charge in [0, 0.05) is 18.7 Å². The Balaban J connectivity index is 1.75. The fraction of sp³-hybridized carbons (Fsp3) is 0.650. The molecule has 1 amide bonds. The summed E-state index contributed by atoms with van der Waals surface area (Å²) in [7, 11) is 1.21. The van der Waals surface area contributed by atoms with Crippen LogP contribution in [0.4, 0.5) is 0 Å². The first-order valence-corrected chi connectivity index (χ1v) is 9.54. The third-order valence-corrected chi connectivity index (χ3v) is 5.89. The molecule has 6 heteroatoms. The SMILES string of the molecule is COc1cc(B2OC(C)(C)C(C)(C)O2)ccc1CC(=O)N1CCCCC1. The van der Waals surface area contributed by atoms with Crippen LogP contribution >= 0.6 is 0 Å². The van der Waals surface area contributed by atoms with E-state index in [0.29, 0.717) is 12.2 Å². The zero-order valence-electron chi connectivity index (χ0n) is 16.6. The Bertz CT molecular complexity index is 652. The minimum absolute atomic E-state index is 0.173. The van der Waals surface area contributed by atoms with E-state index < -0.39 is 7.12 Å². The summed E-state index contributed by atoms with van der Waals surface area (Å²) in [6.45, 7) is 9.89. The van der Waals surface area contributed by atoms with Crippen molar-refractivity contribution in [1.82, 2.24) is 4.90 Å². The first kappa shape index (κ1) is 19.2. The van der Waals surface area contributed by atoms with Gasteiger partial charge in [-0.2, -0.15) is 0 Å². The number of carbonyl (C=O) groups is 1. The Morgan fingerprint density at radius 3 is 2.31 bits per heavy atom. The van der Waals surface area contributed by atoms with Crippen LogP contribution in [0.5, 0.6) is 5.75 Å². The second-order valence-corrected chi connectivity index (χ2v) is 8.28. The molecule has 0 aliphatic carbocycles. The van der Waals surface area contributed by atoms with Gasteiger partial charge in [-0.1, -0.05) is 12.1 Å². The van der Waals surface area contributed by atoms with Gasteiger partial charge in [0.15, 0.2) is 0 Å². The second kappa shape index (κ2) is 7.24. The van der Waals surface area contributed by atoms with Crippen molar-refractivity contribution in [3.8, 4) is 5.75 Å². The molecule has 0 radical (unpaired) electrons. The molecule has 3 rings (SSSR count). The van der Waals surface area contributed by atoms with E-state index in [4.69, 9.17) is 14.0 Å². The molecule has 0 unspecified atom stereocenters. The highest BCUT2D eigenvalue weighted by molar-refractivity contribution is 6.62. The Kier molecular flexibility index (Phi) is 5.36. The van der Waals surface area contributed by atoms with E-state index >= 15 is 0 Å². The molecule has 2 aliphatic heterocycles. The largest absolute Gasteiger partial charge is 0.496 e. The Morgan fingerprint density at radius 1 is 1.12 bits per heavy atom. The lowest BCUT2D eigenvalue weighted by atomic mass is 9.78. The standard InChI is InChI=1S/C20H30BNO4/c1-19(2)20(3,4)26-21(25-19)16-10-9-15(17(14-16)24-5)13-18(23)22-11-7-6-8-12-22/h9-10,14H,6-8,11-13H2,1-5H3. The number of methoxy groups -OCH3 is 1. The fourth-order valence-electron chi connectivity index (χ4n) is 3.45. The summed E-state index contributed by atoms with van der Waals surface area (Å²) in [5.74, 6) is 0.883. The molecule has 26 heavy (non-hydrogen) atoms. The van der Waals surface area contributed by atoms with Gasteiger partial charge in [-0.15, -0.1) is 0 Å². The van der Waals surface area contributed by atoms with Crippen LogP contribution in [0, 0.1) is 0 Å². The zero-order chi connectivity index (χ0) is 18.9. The zero-order valence-corrected chi connectivity index (χ0v) is 16.6. The Labute approximate surface area is 157 Å². The highest BCUT2D eigenvalue weighted by atomic mass is 16.7. The number of rotatable bonds is 4. The molecule has 0 spiro atoms. The lowest BCUT2D eigenvalue weighted by molar-refractivity contribution is -0.131. The molecule has 0 atom stereocenters. The van der Waals surface area contributed by atoms with Crippen LogP contribution < -0.4 is 10.2 Å². The topological polar surface area (TPSA) is 48.0 Å². The maximum Gasteiger partial charge on any atom is 0.494 e. The number of likely N-dealkylation sites (tertiary alicyclic amines) is 1. The average Bonchev–Trinajstić information content (AvgIpc) is 2.83. The van der Waals surface area contributed by atoms with Crippen molar-refractivity contribution in [2.75, 3.05) is 20.2 Å². The van der Waals surface area contributed by atoms with Crippen LogP contribution in [0.25, 0.3) is 0 Å². The number of hydrogen-bond acceptors (Lipinski definition) is 4. The van der Waals surface area contributed by atoms with Gasteiger partial charge in [0.1, 0.15) is 5.75 Å². The number of benzene rings is 1. The third kappa shape index (κ3) is 3.76. The lowest BCUT2D eigenvalue weighted by Crippen LogP contribution is -2.41. The first-order valence-electron chi connectivity index (χ1n) is 9.54. The minimum atomic E-state index is -0.430. The second-order valence-electron chi connectivity index (χ2n) is 8.28. The average molecular weight is 359 g/mol. The molecule has 0 aromatic heterocycles. The normalized spacial score (nSPS) is 21.7. The predicted octanol–water partition coefficient (Wildman–Crippen LogP) is 2.55. The number of hydrogen-bond donors (Lipinski definition) is 0. The van der Waals surface area contributed by atoms with Gasteiger partial charge in [0.25, 0.3) is 0 Å². The van der Waals surface area contributed by atoms with Crippen molar-refractivity contribution >= 4 is 18.5 Å². The molecule has 5 nitrogen and oxygen atoms in total. The van der Waals surface area contributed by atoms with Gasteiger partial charge < -0.3 is 18.9 Å². The van der Waals surface area contributed by atoms with Crippen molar-refractivity contribution in [2.24, 2.45) is 0 Å². The molecule has 0 N–H and O–H groups in total. The lowest BCUT2D eigenvalue weighted by Gasteiger charge is -2.32. The minimum Gasteiger partial charge on any atom is -0.496 e. The summed E-state index contributed by atoms with van der Waals surface area (Å²) in [5, 5.41) is 0. The molecule has 2 aliphatic rings.